The number of carbonyl (C=O) groups excluding carboxylic acids is 1. The molecule has 0 radical (unpaired) electrons. The molecule has 1 aromatic heterocycles. The van der Waals surface area contributed by atoms with E-state index in [1.807, 2.05) is 42.6 Å². The lowest BCUT2D eigenvalue weighted by molar-refractivity contribution is -0.0258. The molecule has 5 heterocycles. The number of nitrogens with zero attached hydrogens (tertiary/aromatic N) is 4. The quantitative estimate of drug-likeness (QED) is 0.294. The molecule has 10 heteroatoms. The molecule has 7 rings (SSSR count). The fourth-order valence-electron chi connectivity index (χ4n) is 7.38. The van der Waals surface area contributed by atoms with Crippen molar-refractivity contribution in [2.45, 2.75) is 85.3 Å². The molecule has 8 nitrogen and oxygen atoms in total. The van der Waals surface area contributed by atoms with Crippen molar-refractivity contribution in [2.75, 3.05) is 19.6 Å². The van der Waals surface area contributed by atoms with Gasteiger partial charge in [-0.05, 0) is 92.1 Å². The topological polar surface area (TPSA) is 86.2 Å². The first kappa shape index (κ1) is 29.6. The highest BCUT2D eigenvalue weighted by Crippen LogP contribution is 2.41. The molecule has 3 unspecified atom stereocenters. The largest absolute Gasteiger partial charge is 0.478 e. The number of benzene rings is 2. The highest BCUT2D eigenvalue weighted by molar-refractivity contribution is 7.99. The van der Waals surface area contributed by atoms with E-state index in [2.05, 4.69) is 31.8 Å². The number of carboxylic acid groups (broad SMARTS) is 1. The van der Waals surface area contributed by atoms with E-state index in [1.165, 1.54) is 11.8 Å². The van der Waals surface area contributed by atoms with E-state index >= 15 is 0 Å². The van der Waals surface area contributed by atoms with E-state index in [4.69, 9.17) is 21.4 Å². The minimum absolute atomic E-state index is 0.00724. The van der Waals surface area contributed by atoms with Gasteiger partial charge < -0.3 is 19.6 Å². The van der Waals surface area contributed by atoms with Gasteiger partial charge in [0.25, 0.3) is 0 Å². The van der Waals surface area contributed by atoms with Gasteiger partial charge in [0.15, 0.2) is 0 Å². The monoisotopic (exact) mass is 632 g/mol. The zero-order valence-corrected chi connectivity index (χ0v) is 26.1. The molecule has 4 fully saturated rings. The predicted octanol–water partition coefficient (Wildman–Crippen LogP) is 6.74. The summed E-state index contributed by atoms with van der Waals surface area (Å²) in [6.45, 7) is 3.37. The maximum Gasteiger partial charge on any atom is 0.335 e. The minimum atomic E-state index is -0.926. The lowest BCUT2D eigenvalue weighted by Gasteiger charge is -2.39. The summed E-state index contributed by atoms with van der Waals surface area (Å²) in [6, 6.07) is 19.6. The van der Waals surface area contributed by atoms with Crippen LogP contribution in [0.3, 0.4) is 0 Å². The summed E-state index contributed by atoms with van der Waals surface area (Å²) in [5.74, 6) is -0.926. The summed E-state index contributed by atoms with van der Waals surface area (Å²) in [5, 5.41) is 10.7. The number of hydrogen-bond acceptors (Lipinski definition) is 6. The SMILES string of the molecule is O=C(O)c1ccc(Sc2ccc(CN3CCC(N4C(=O)N(C5CC6CCC(C5)O6)CC4c4cccc(Cl)c4)CC3)cn2)cc1. The number of halogens is 1. The third kappa shape index (κ3) is 6.33. The normalized spacial score (nSPS) is 26.0. The van der Waals surface area contributed by atoms with Crippen LogP contribution in [0.5, 0.6) is 0 Å². The van der Waals surface area contributed by atoms with Crippen molar-refractivity contribution in [3.63, 3.8) is 0 Å². The van der Waals surface area contributed by atoms with Gasteiger partial charge in [0.05, 0.1) is 23.8 Å². The fourth-order valence-corrected chi connectivity index (χ4v) is 8.33. The standard InChI is InChI=1S/C34H37ClN4O4S/c35-25-3-1-2-24(16-25)31-21-38(27-17-28-7-8-29(18-27)43-28)34(42)39(31)26-12-14-37(15-13-26)20-22-4-11-32(36-19-22)44-30-9-5-23(6-10-30)33(40)41/h1-6,9-11,16,19,26-29,31H,7-8,12-15,17-18,20-21H2,(H,40,41). The van der Waals surface area contributed by atoms with E-state index in [9.17, 15) is 9.59 Å². The molecule has 2 aromatic carbocycles. The van der Waals surface area contributed by atoms with Crippen LogP contribution in [-0.2, 0) is 11.3 Å². The van der Waals surface area contributed by atoms with Gasteiger partial charge in [0, 0.05) is 54.4 Å². The minimum Gasteiger partial charge on any atom is -0.478 e. The molecule has 3 aromatic rings. The number of carboxylic acids is 1. The Bertz CT molecular complexity index is 1490. The first-order chi connectivity index (χ1) is 21.4. The molecule has 44 heavy (non-hydrogen) atoms. The summed E-state index contributed by atoms with van der Waals surface area (Å²) in [7, 11) is 0. The van der Waals surface area contributed by atoms with Crippen molar-refractivity contribution in [2.24, 2.45) is 0 Å². The van der Waals surface area contributed by atoms with Gasteiger partial charge in [-0.1, -0.05) is 41.6 Å². The van der Waals surface area contributed by atoms with Gasteiger partial charge in [-0.3, -0.25) is 4.90 Å². The molecule has 0 aliphatic carbocycles. The molecule has 1 N–H and O–H groups in total. The molecule has 0 spiro atoms. The molecule has 3 atom stereocenters. The van der Waals surface area contributed by atoms with Crippen LogP contribution in [-0.4, -0.2) is 80.7 Å². The number of hydrogen-bond donors (Lipinski definition) is 1. The van der Waals surface area contributed by atoms with Crippen LogP contribution in [0.25, 0.3) is 0 Å². The predicted molar refractivity (Wildman–Crippen MR) is 169 cm³/mol. The van der Waals surface area contributed by atoms with Crippen LogP contribution >= 0.6 is 23.4 Å². The van der Waals surface area contributed by atoms with Crippen molar-refractivity contribution in [1.29, 1.82) is 0 Å². The van der Waals surface area contributed by atoms with Gasteiger partial charge in [-0.15, -0.1) is 0 Å². The maximum atomic E-state index is 14.1. The van der Waals surface area contributed by atoms with Crippen molar-refractivity contribution >= 4 is 35.4 Å². The van der Waals surface area contributed by atoms with Crippen LogP contribution in [0.4, 0.5) is 4.79 Å². The molecular weight excluding hydrogens is 596 g/mol. The van der Waals surface area contributed by atoms with E-state index in [0.29, 0.717) is 23.8 Å². The summed E-state index contributed by atoms with van der Waals surface area (Å²) in [4.78, 5) is 37.6. The lowest BCUT2D eigenvalue weighted by Crippen LogP contribution is -2.49. The number of likely N-dealkylation sites (tertiary alicyclic amines) is 1. The first-order valence-corrected chi connectivity index (χ1v) is 16.8. The Morgan fingerprint density at radius 1 is 0.977 bits per heavy atom. The number of pyridine rings is 1. The average Bonchev–Trinajstić information content (AvgIpc) is 3.56. The van der Waals surface area contributed by atoms with Crippen LogP contribution in [0.15, 0.2) is 76.8 Å². The maximum absolute atomic E-state index is 14.1. The smallest absolute Gasteiger partial charge is 0.335 e. The number of aromatic nitrogens is 1. The number of carbonyl (C=O) groups is 2. The first-order valence-electron chi connectivity index (χ1n) is 15.6. The van der Waals surface area contributed by atoms with Crippen molar-refractivity contribution < 1.29 is 19.4 Å². The molecule has 2 amide bonds. The Morgan fingerprint density at radius 2 is 1.73 bits per heavy atom. The summed E-state index contributed by atoms with van der Waals surface area (Å²) < 4.78 is 6.10. The summed E-state index contributed by atoms with van der Waals surface area (Å²) in [5.41, 5.74) is 2.55. The average molecular weight is 633 g/mol. The van der Waals surface area contributed by atoms with Crippen LogP contribution in [0, 0.1) is 0 Å². The molecular formula is C34H37ClN4O4S. The van der Waals surface area contributed by atoms with Crippen LogP contribution in [0.2, 0.25) is 5.02 Å². The molecule has 4 saturated heterocycles. The number of rotatable bonds is 8. The van der Waals surface area contributed by atoms with Gasteiger partial charge >= 0.3 is 12.0 Å². The second-order valence-corrected chi connectivity index (χ2v) is 14.0. The zero-order valence-electron chi connectivity index (χ0n) is 24.6. The van der Waals surface area contributed by atoms with E-state index < -0.39 is 5.97 Å². The number of aromatic carboxylic acids is 1. The second kappa shape index (κ2) is 12.7. The number of fused-ring (bicyclic) bond motifs is 2. The molecule has 2 bridgehead atoms. The van der Waals surface area contributed by atoms with Crippen LogP contribution in [0.1, 0.15) is 66.1 Å². The summed E-state index contributed by atoms with van der Waals surface area (Å²) in [6.07, 6.45) is 8.50. The fraction of sp³-hybridized carbons (Fsp3) is 0.441. The van der Waals surface area contributed by atoms with Gasteiger partial charge in [0.2, 0.25) is 0 Å². The van der Waals surface area contributed by atoms with Crippen LogP contribution < -0.4 is 0 Å². The molecule has 0 saturated carbocycles. The highest BCUT2D eigenvalue weighted by atomic mass is 35.5. The Kier molecular flexibility index (Phi) is 8.55. The third-order valence-electron chi connectivity index (χ3n) is 9.59. The Morgan fingerprint density at radius 3 is 2.39 bits per heavy atom. The van der Waals surface area contributed by atoms with E-state index in [-0.39, 0.29) is 29.7 Å². The molecule has 4 aliphatic rings. The molecule has 230 valence electrons. The third-order valence-corrected chi connectivity index (χ3v) is 10.8. The highest BCUT2D eigenvalue weighted by Gasteiger charge is 2.48. The summed E-state index contributed by atoms with van der Waals surface area (Å²) >= 11 is 7.94. The zero-order chi connectivity index (χ0) is 30.2. The van der Waals surface area contributed by atoms with Gasteiger partial charge in [0.1, 0.15) is 5.03 Å². The Hall–Kier alpha value is -3.11. The van der Waals surface area contributed by atoms with E-state index in [1.54, 1.807) is 12.1 Å². The number of ether oxygens (including phenoxy) is 1. The lowest BCUT2D eigenvalue weighted by atomic mass is 9.98. The number of piperidine rings is 1. The Balaban J connectivity index is 0.985. The van der Waals surface area contributed by atoms with Crippen molar-refractivity contribution in [1.82, 2.24) is 19.7 Å². The number of urea groups is 1. The van der Waals surface area contributed by atoms with Gasteiger partial charge in [-0.2, -0.15) is 0 Å². The Labute approximate surface area is 267 Å². The van der Waals surface area contributed by atoms with Crippen molar-refractivity contribution in [3.05, 3.63) is 88.6 Å². The van der Waals surface area contributed by atoms with E-state index in [0.717, 1.165) is 79.2 Å². The number of amides is 2. The van der Waals surface area contributed by atoms with Crippen molar-refractivity contribution in [3.8, 4) is 0 Å². The molecule has 4 aliphatic heterocycles. The van der Waals surface area contributed by atoms with Gasteiger partial charge in [-0.25, -0.2) is 14.6 Å². The second-order valence-electron chi connectivity index (χ2n) is 12.4.